The highest BCUT2D eigenvalue weighted by Crippen LogP contribution is 2.21. The van der Waals surface area contributed by atoms with Crippen molar-refractivity contribution in [1.82, 2.24) is 10.2 Å². The number of carbonyl (C=O) groups is 1. The van der Waals surface area contributed by atoms with Gasteiger partial charge in [-0.3, -0.25) is 4.90 Å². The smallest absolute Gasteiger partial charge is 0.313 e. The van der Waals surface area contributed by atoms with Gasteiger partial charge in [0.25, 0.3) is 0 Å². The topological polar surface area (TPSA) is 58.4 Å². The molecule has 1 fully saturated rings. The van der Waals surface area contributed by atoms with Crippen LogP contribution in [-0.4, -0.2) is 29.7 Å². The van der Waals surface area contributed by atoms with E-state index in [0.717, 1.165) is 13.0 Å². The average molecular weight is 211 g/mol. The fraction of sp³-hybridized carbons (Fsp3) is 0.727. The Morgan fingerprint density at radius 1 is 1.73 bits per heavy atom. The van der Waals surface area contributed by atoms with E-state index in [1.54, 1.807) is 6.08 Å². The Morgan fingerprint density at radius 3 is 3.00 bits per heavy atom. The van der Waals surface area contributed by atoms with Gasteiger partial charge in [0.05, 0.1) is 0 Å². The van der Waals surface area contributed by atoms with Gasteiger partial charge in [0, 0.05) is 12.6 Å². The number of hydrogen-bond donors (Lipinski definition) is 2. The van der Waals surface area contributed by atoms with Gasteiger partial charge in [-0.15, -0.1) is 0 Å². The molecule has 0 radical (unpaired) electrons. The van der Waals surface area contributed by atoms with E-state index in [4.69, 9.17) is 5.73 Å². The van der Waals surface area contributed by atoms with Gasteiger partial charge in [-0.25, -0.2) is 4.79 Å². The second-order valence-corrected chi connectivity index (χ2v) is 3.98. The summed E-state index contributed by atoms with van der Waals surface area (Å²) < 4.78 is 0. The van der Waals surface area contributed by atoms with Crippen LogP contribution in [0.3, 0.4) is 0 Å². The van der Waals surface area contributed by atoms with Crippen LogP contribution >= 0.6 is 0 Å². The van der Waals surface area contributed by atoms with Crippen LogP contribution < -0.4 is 11.1 Å². The van der Waals surface area contributed by atoms with Crippen molar-refractivity contribution in [1.29, 1.82) is 0 Å². The molecule has 0 aliphatic carbocycles. The van der Waals surface area contributed by atoms with Crippen molar-refractivity contribution in [2.24, 2.45) is 5.73 Å². The Bertz CT molecular complexity index is 230. The Hall–Kier alpha value is -1.03. The Morgan fingerprint density at radius 2 is 2.47 bits per heavy atom. The molecule has 3 N–H and O–H groups in total. The number of primary amides is 1. The number of likely N-dealkylation sites (tertiary alicyclic amines) is 1. The molecule has 0 aromatic carbocycles. The Labute approximate surface area is 91.5 Å². The lowest BCUT2D eigenvalue weighted by Gasteiger charge is -2.39. The van der Waals surface area contributed by atoms with Crippen LogP contribution in [0.2, 0.25) is 0 Å². The van der Waals surface area contributed by atoms with Gasteiger partial charge in [0.15, 0.2) is 0 Å². The van der Waals surface area contributed by atoms with Crippen LogP contribution in [0, 0.1) is 0 Å². The lowest BCUT2D eigenvalue weighted by molar-refractivity contribution is 0.101. The summed E-state index contributed by atoms with van der Waals surface area (Å²) in [6.07, 6.45) is 6.38. The minimum Gasteiger partial charge on any atom is -0.352 e. The number of hydrogen-bond acceptors (Lipinski definition) is 2. The zero-order valence-electron chi connectivity index (χ0n) is 9.41. The molecule has 0 aromatic rings. The first kappa shape index (κ1) is 12.0. The standard InChI is InChI=1S/C11H21N3O/c1-3-9-7-5-6-8-14(9)10(4-2)13-11(12)15/h4,9-10H,2-3,5-8H2,1H3,(H3,12,13,15). The number of urea groups is 1. The third-order valence-electron chi connectivity index (χ3n) is 3.01. The van der Waals surface area contributed by atoms with Crippen LogP contribution in [0.15, 0.2) is 12.7 Å². The van der Waals surface area contributed by atoms with E-state index in [-0.39, 0.29) is 6.17 Å². The maximum atomic E-state index is 10.8. The lowest BCUT2D eigenvalue weighted by atomic mass is 9.99. The SMILES string of the molecule is C=CC(NC(N)=O)N1CCCCC1CC. The molecule has 1 saturated heterocycles. The Balaban J connectivity index is 2.62. The molecule has 1 heterocycles. The zero-order valence-corrected chi connectivity index (χ0v) is 9.41. The molecule has 0 aromatic heterocycles. The highest BCUT2D eigenvalue weighted by molar-refractivity contribution is 5.72. The second kappa shape index (κ2) is 5.75. The number of nitrogens with one attached hydrogen (secondary N) is 1. The largest absolute Gasteiger partial charge is 0.352 e. The van der Waals surface area contributed by atoms with Crippen LogP contribution in [0.5, 0.6) is 0 Å². The van der Waals surface area contributed by atoms with Crippen molar-refractivity contribution in [2.45, 2.75) is 44.8 Å². The predicted molar refractivity (Wildman–Crippen MR) is 61.3 cm³/mol. The molecular weight excluding hydrogens is 190 g/mol. The summed E-state index contributed by atoms with van der Waals surface area (Å²) >= 11 is 0. The first-order chi connectivity index (χ1) is 7.19. The zero-order chi connectivity index (χ0) is 11.3. The lowest BCUT2D eigenvalue weighted by Crippen LogP contribution is -2.54. The number of amides is 2. The summed E-state index contributed by atoms with van der Waals surface area (Å²) in [6.45, 7) is 6.93. The molecule has 2 amide bonds. The third-order valence-corrected chi connectivity index (χ3v) is 3.01. The van der Waals surface area contributed by atoms with Crippen LogP contribution in [-0.2, 0) is 0 Å². The van der Waals surface area contributed by atoms with Crippen LogP contribution in [0.25, 0.3) is 0 Å². The van der Waals surface area contributed by atoms with Crippen LogP contribution in [0.1, 0.15) is 32.6 Å². The van der Waals surface area contributed by atoms with E-state index in [9.17, 15) is 4.79 Å². The van der Waals surface area contributed by atoms with Crippen molar-refractivity contribution in [3.63, 3.8) is 0 Å². The molecule has 86 valence electrons. The quantitative estimate of drug-likeness (QED) is 0.691. The van der Waals surface area contributed by atoms with Crippen molar-refractivity contribution in [3.8, 4) is 0 Å². The predicted octanol–water partition coefficient (Wildman–Crippen LogP) is 1.43. The second-order valence-electron chi connectivity index (χ2n) is 3.98. The summed E-state index contributed by atoms with van der Waals surface area (Å²) in [4.78, 5) is 13.1. The van der Waals surface area contributed by atoms with Crippen molar-refractivity contribution in [2.75, 3.05) is 6.54 Å². The number of nitrogens with zero attached hydrogens (tertiary/aromatic N) is 1. The van der Waals surface area contributed by atoms with Crippen molar-refractivity contribution in [3.05, 3.63) is 12.7 Å². The average Bonchev–Trinajstić information content (AvgIpc) is 2.25. The molecule has 0 bridgehead atoms. The van der Waals surface area contributed by atoms with Gasteiger partial charge < -0.3 is 11.1 Å². The first-order valence-electron chi connectivity index (χ1n) is 5.63. The molecule has 1 aliphatic heterocycles. The van der Waals surface area contributed by atoms with Gasteiger partial charge >= 0.3 is 6.03 Å². The van der Waals surface area contributed by atoms with Crippen LogP contribution in [0.4, 0.5) is 4.79 Å². The minimum absolute atomic E-state index is 0.118. The van der Waals surface area contributed by atoms with Gasteiger partial charge in [0.1, 0.15) is 6.17 Å². The number of rotatable bonds is 4. The normalized spacial score (nSPS) is 24.5. The maximum Gasteiger partial charge on any atom is 0.313 e. The van der Waals surface area contributed by atoms with E-state index in [2.05, 4.69) is 23.7 Å². The highest BCUT2D eigenvalue weighted by atomic mass is 16.2. The van der Waals surface area contributed by atoms with E-state index in [1.165, 1.54) is 19.3 Å². The minimum atomic E-state index is -0.486. The molecule has 4 nitrogen and oxygen atoms in total. The van der Waals surface area contributed by atoms with Crippen molar-refractivity contribution < 1.29 is 4.79 Å². The molecule has 2 unspecified atom stereocenters. The van der Waals surface area contributed by atoms with E-state index < -0.39 is 6.03 Å². The Kier molecular flexibility index (Phi) is 4.62. The summed E-state index contributed by atoms with van der Waals surface area (Å²) in [7, 11) is 0. The van der Waals surface area contributed by atoms with E-state index in [0.29, 0.717) is 6.04 Å². The third kappa shape index (κ3) is 3.23. The molecule has 0 saturated carbocycles. The molecular formula is C11H21N3O. The summed E-state index contributed by atoms with van der Waals surface area (Å²) in [6, 6.07) is 0.0499. The highest BCUT2D eigenvalue weighted by Gasteiger charge is 2.26. The molecule has 0 spiro atoms. The van der Waals surface area contributed by atoms with Gasteiger partial charge in [0.2, 0.25) is 0 Å². The number of piperidine rings is 1. The molecule has 15 heavy (non-hydrogen) atoms. The van der Waals surface area contributed by atoms with Crippen molar-refractivity contribution >= 4 is 6.03 Å². The number of carbonyl (C=O) groups excluding carboxylic acids is 1. The van der Waals surface area contributed by atoms with E-state index >= 15 is 0 Å². The van der Waals surface area contributed by atoms with Gasteiger partial charge in [-0.2, -0.15) is 0 Å². The molecule has 4 heteroatoms. The summed E-state index contributed by atoms with van der Waals surface area (Å²) in [5.74, 6) is 0. The fourth-order valence-corrected chi connectivity index (χ4v) is 2.25. The molecule has 1 rings (SSSR count). The maximum absolute atomic E-state index is 10.8. The molecule has 1 aliphatic rings. The summed E-state index contributed by atoms with van der Waals surface area (Å²) in [5.41, 5.74) is 5.14. The fourth-order valence-electron chi connectivity index (χ4n) is 2.25. The van der Waals surface area contributed by atoms with Gasteiger partial charge in [-0.1, -0.05) is 26.0 Å². The van der Waals surface area contributed by atoms with E-state index in [1.807, 2.05) is 0 Å². The number of nitrogens with two attached hydrogens (primary N) is 1. The first-order valence-corrected chi connectivity index (χ1v) is 5.63. The van der Waals surface area contributed by atoms with Gasteiger partial charge in [-0.05, 0) is 19.3 Å². The monoisotopic (exact) mass is 211 g/mol. The summed E-state index contributed by atoms with van der Waals surface area (Å²) in [5, 5.41) is 2.71. The molecule has 2 atom stereocenters.